The molecule has 8 nitrogen and oxygen atoms in total. The molecule has 0 bridgehead atoms. The van der Waals surface area contributed by atoms with Gasteiger partial charge in [-0.2, -0.15) is 0 Å². The zero-order chi connectivity index (χ0) is 27.9. The van der Waals surface area contributed by atoms with Crippen LogP contribution in [-0.4, -0.2) is 48.1 Å². The summed E-state index contributed by atoms with van der Waals surface area (Å²) in [5.41, 5.74) is 7.78. The van der Waals surface area contributed by atoms with Gasteiger partial charge < -0.3 is 9.84 Å². The summed E-state index contributed by atoms with van der Waals surface area (Å²) < 4.78 is 8.19. The number of ether oxygens (including phenoxy) is 1. The fourth-order valence-corrected chi connectivity index (χ4v) is 5.84. The number of aryl methyl sites for hydroxylation is 3. The molecule has 0 aliphatic carbocycles. The van der Waals surface area contributed by atoms with E-state index in [1.165, 1.54) is 11.1 Å². The van der Waals surface area contributed by atoms with Gasteiger partial charge in [-0.3, -0.25) is 14.7 Å². The first kappa shape index (κ1) is 26.8. The van der Waals surface area contributed by atoms with E-state index >= 15 is 0 Å². The van der Waals surface area contributed by atoms with Crippen molar-refractivity contribution in [1.29, 1.82) is 0 Å². The van der Waals surface area contributed by atoms with E-state index in [0.29, 0.717) is 0 Å². The molecule has 204 valence electrons. The van der Waals surface area contributed by atoms with Crippen LogP contribution >= 0.6 is 0 Å². The van der Waals surface area contributed by atoms with E-state index in [1.807, 2.05) is 36.9 Å². The maximum Gasteiger partial charge on any atom is 0.307 e. The topological polar surface area (TPSA) is 93.4 Å². The van der Waals surface area contributed by atoms with Crippen LogP contribution in [0.4, 0.5) is 0 Å². The van der Waals surface area contributed by atoms with Crippen LogP contribution in [0.15, 0.2) is 48.8 Å². The summed E-state index contributed by atoms with van der Waals surface area (Å²) in [5.74, 6) is -0.896. The highest BCUT2D eigenvalue weighted by Gasteiger charge is 2.31. The number of aliphatic carboxylic acids is 1. The number of carbonyl (C=O) groups is 1. The predicted octanol–water partition coefficient (Wildman–Crippen LogP) is 5.49. The Kier molecular flexibility index (Phi) is 7.16. The third-order valence-corrected chi connectivity index (χ3v) is 7.88. The maximum atomic E-state index is 12.3. The molecule has 8 heteroatoms. The SMILES string of the molecule is CCn1nnc2c(C)c(C(c3ccc(C)c(CN4Cc5cnccc5OC(C)(C)C4)c3)C(C)C(=O)O)ccc21. The second-order valence-corrected chi connectivity index (χ2v) is 11.3. The third-order valence-electron chi connectivity index (χ3n) is 7.88. The summed E-state index contributed by atoms with van der Waals surface area (Å²) >= 11 is 0. The van der Waals surface area contributed by atoms with Crippen LogP contribution in [-0.2, 0) is 24.4 Å². The number of hydrogen-bond acceptors (Lipinski definition) is 6. The minimum Gasteiger partial charge on any atom is -0.486 e. The Morgan fingerprint density at radius 2 is 1.97 bits per heavy atom. The molecule has 1 aliphatic heterocycles. The molecule has 5 rings (SSSR count). The zero-order valence-electron chi connectivity index (χ0n) is 23.6. The molecule has 1 aliphatic rings. The Morgan fingerprint density at radius 3 is 2.72 bits per heavy atom. The van der Waals surface area contributed by atoms with E-state index in [0.717, 1.165) is 65.2 Å². The van der Waals surface area contributed by atoms with Crippen molar-refractivity contribution in [2.45, 2.75) is 72.7 Å². The quantitative estimate of drug-likeness (QED) is 0.340. The minimum absolute atomic E-state index is 0.327. The van der Waals surface area contributed by atoms with E-state index < -0.39 is 11.9 Å². The number of aromatic nitrogens is 4. The smallest absolute Gasteiger partial charge is 0.307 e. The first-order valence-corrected chi connectivity index (χ1v) is 13.6. The van der Waals surface area contributed by atoms with E-state index in [1.54, 1.807) is 13.1 Å². The van der Waals surface area contributed by atoms with Gasteiger partial charge in [0, 0.05) is 50.1 Å². The third kappa shape index (κ3) is 5.26. The number of pyridine rings is 1. The molecule has 0 radical (unpaired) electrons. The lowest BCUT2D eigenvalue weighted by molar-refractivity contribution is -0.141. The van der Waals surface area contributed by atoms with Crippen LogP contribution in [0.3, 0.4) is 0 Å². The van der Waals surface area contributed by atoms with Crippen LogP contribution in [0, 0.1) is 19.8 Å². The van der Waals surface area contributed by atoms with Crippen molar-refractivity contribution in [1.82, 2.24) is 24.9 Å². The highest BCUT2D eigenvalue weighted by Crippen LogP contribution is 2.38. The van der Waals surface area contributed by atoms with Crippen molar-refractivity contribution < 1.29 is 14.6 Å². The van der Waals surface area contributed by atoms with Crippen molar-refractivity contribution in [2.75, 3.05) is 6.54 Å². The van der Waals surface area contributed by atoms with E-state index in [2.05, 4.69) is 65.2 Å². The summed E-state index contributed by atoms with van der Waals surface area (Å²) in [6.07, 6.45) is 3.65. The van der Waals surface area contributed by atoms with Crippen molar-refractivity contribution in [3.63, 3.8) is 0 Å². The molecule has 3 heterocycles. The Bertz CT molecular complexity index is 1530. The molecule has 0 spiro atoms. The summed E-state index contributed by atoms with van der Waals surface area (Å²) in [6, 6.07) is 12.4. The largest absolute Gasteiger partial charge is 0.486 e. The molecule has 39 heavy (non-hydrogen) atoms. The average molecular weight is 528 g/mol. The number of benzene rings is 2. The Morgan fingerprint density at radius 1 is 1.18 bits per heavy atom. The normalized spacial score (nSPS) is 16.8. The molecule has 0 saturated carbocycles. The highest BCUT2D eigenvalue weighted by molar-refractivity contribution is 5.81. The van der Waals surface area contributed by atoms with E-state index in [-0.39, 0.29) is 11.5 Å². The van der Waals surface area contributed by atoms with Gasteiger partial charge in [0.15, 0.2) is 0 Å². The Hall–Kier alpha value is -3.78. The Balaban J connectivity index is 1.54. The van der Waals surface area contributed by atoms with E-state index in [9.17, 15) is 9.90 Å². The molecule has 1 N–H and O–H groups in total. The summed E-state index contributed by atoms with van der Waals surface area (Å²) in [6.45, 7) is 15.1. The molecule has 0 fully saturated rings. The van der Waals surface area contributed by atoms with E-state index in [4.69, 9.17) is 4.74 Å². The second kappa shape index (κ2) is 10.4. The zero-order valence-corrected chi connectivity index (χ0v) is 23.6. The van der Waals surface area contributed by atoms with Gasteiger partial charge in [-0.1, -0.05) is 36.4 Å². The van der Waals surface area contributed by atoms with Crippen LogP contribution in [0.25, 0.3) is 11.0 Å². The van der Waals surface area contributed by atoms with Crippen LogP contribution < -0.4 is 4.74 Å². The molecule has 0 saturated heterocycles. The van der Waals surface area contributed by atoms with Gasteiger partial charge in [-0.15, -0.1) is 5.10 Å². The lowest BCUT2D eigenvalue weighted by Gasteiger charge is -2.30. The minimum atomic E-state index is -0.825. The second-order valence-electron chi connectivity index (χ2n) is 11.3. The van der Waals surface area contributed by atoms with Crippen molar-refractivity contribution in [3.05, 3.63) is 82.2 Å². The van der Waals surface area contributed by atoms with Crippen LogP contribution in [0.5, 0.6) is 5.75 Å². The number of carboxylic acid groups (broad SMARTS) is 1. The first-order valence-electron chi connectivity index (χ1n) is 13.6. The lowest BCUT2D eigenvalue weighted by Crippen LogP contribution is -2.40. The van der Waals surface area contributed by atoms with Gasteiger partial charge in [0.1, 0.15) is 16.9 Å². The molecule has 2 atom stereocenters. The fourth-order valence-electron chi connectivity index (χ4n) is 5.84. The van der Waals surface area contributed by atoms with Crippen molar-refractivity contribution >= 4 is 17.0 Å². The molecular formula is C31H37N5O3. The van der Waals surface area contributed by atoms with Gasteiger partial charge in [0.2, 0.25) is 0 Å². The molecule has 2 unspecified atom stereocenters. The number of fused-ring (bicyclic) bond motifs is 2. The molecule has 0 amide bonds. The molecule has 4 aromatic rings. The maximum absolute atomic E-state index is 12.3. The summed E-state index contributed by atoms with van der Waals surface area (Å²) in [4.78, 5) is 19.0. The number of rotatable bonds is 7. The van der Waals surface area contributed by atoms with Gasteiger partial charge in [-0.25, -0.2) is 4.68 Å². The molecule has 2 aromatic heterocycles. The average Bonchev–Trinajstić information content (AvgIpc) is 3.26. The summed E-state index contributed by atoms with van der Waals surface area (Å²) in [7, 11) is 0. The number of carboxylic acids is 1. The monoisotopic (exact) mass is 527 g/mol. The Labute approximate surface area is 229 Å². The van der Waals surface area contributed by atoms with Crippen molar-refractivity contribution in [2.24, 2.45) is 5.92 Å². The number of nitrogens with zero attached hydrogens (tertiary/aromatic N) is 5. The molecular weight excluding hydrogens is 490 g/mol. The van der Waals surface area contributed by atoms with Crippen LogP contribution in [0.2, 0.25) is 0 Å². The van der Waals surface area contributed by atoms with Gasteiger partial charge in [0.25, 0.3) is 0 Å². The lowest BCUT2D eigenvalue weighted by atomic mass is 9.79. The predicted molar refractivity (Wildman–Crippen MR) is 151 cm³/mol. The highest BCUT2D eigenvalue weighted by atomic mass is 16.5. The van der Waals surface area contributed by atoms with Gasteiger partial charge in [0.05, 0.1) is 11.4 Å². The van der Waals surface area contributed by atoms with Crippen LogP contribution in [0.1, 0.15) is 67.0 Å². The number of hydrogen-bond donors (Lipinski definition) is 1. The first-order chi connectivity index (χ1) is 18.6. The standard InChI is InChI=1S/C31H37N5O3/c1-7-36-26-11-10-25(20(3)29(26)33-34-36)28(21(4)30(37)38)22-9-8-19(2)23(14-22)16-35-17-24-15-32-13-12-27(24)39-31(5,6)18-35/h8-15,21,28H,7,16-18H2,1-6H3,(H,37,38). The summed E-state index contributed by atoms with van der Waals surface area (Å²) in [5, 5.41) is 18.8. The van der Waals surface area contributed by atoms with Gasteiger partial charge >= 0.3 is 5.97 Å². The van der Waals surface area contributed by atoms with Crippen molar-refractivity contribution in [3.8, 4) is 5.75 Å². The fraction of sp³-hybridized carbons (Fsp3) is 0.419. The van der Waals surface area contributed by atoms with Gasteiger partial charge in [-0.05, 0) is 74.6 Å². The molecule has 2 aromatic carbocycles.